The molecule has 1 aliphatic heterocycles. The van der Waals surface area contributed by atoms with E-state index in [1.807, 2.05) is 18.2 Å². The van der Waals surface area contributed by atoms with E-state index >= 15 is 0 Å². The van der Waals surface area contributed by atoms with E-state index in [0.717, 1.165) is 12.1 Å². The maximum Gasteiger partial charge on any atom is 0.407 e. The summed E-state index contributed by atoms with van der Waals surface area (Å²) < 4.78 is 0. The van der Waals surface area contributed by atoms with E-state index in [2.05, 4.69) is 32.9 Å². The topological polar surface area (TPSA) is 52.9 Å². The van der Waals surface area contributed by atoms with E-state index in [0.29, 0.717) is 13.1 Å². The van der Waals surface area contributed by atoms with E-state index < -0.39 is 6.09 Å². The number of likely N-dealkylation sites (tertiary alicyclic amines) is 1. The normalized spacial score (nSPS) is 21.8. The first-order valence-corrected chi connectivity index (χ1v) is 7.00. The Bertz CT molecular complexity index is 508. The average Bonchev–Trinajstić information content (AvgIpc) is 2.41. The number of carboxylic acid groups (broad SMARTS) is 1. The molecule has 1 aromatic carbocycles. The van der Waals surface area contributed by atoms with Gasteiger partial charge in [0.05, 0.1) is 6.04 Å². The zero-order valence-electron chi connectivity index (χ0n) is 12.3. The summed E-state index contributed by atoms with van der Waals surface area (Å²) in [4.78, 5) is 17.4. The lowest BCUT2D eigenvalue weighted by atomic mass is 9.81. The molecule has 0 spiro atoms. The lowest BCUT2D eigenvalue weighted by Crippen LogP contribution is -2.48. The number of hydrogen-bond acceptors (Lipinski definition) is 2. The molecule has 0 radical (unpaired) electrons. The molecule has 0 unspecified atom stereocenters. The number of hydrogen-bond donors (Lipinski definition) is 1. The number of aliphatic imine (C=N–C) groups is 1. The van der Waals surface area contributed by atoms with Crippen LogP contribution in [0.1, 0.15) is 38.8 Å². The van der Waals surface area contributed by atoms with Crippen molar-refractivity contribution in [2.24, 2.45) is 10.4 Å². The molecular weight excluding hydrogens is 252 g/mol. The van der Waals surface area contributed by atoms with Crippen LogP contribution in [0.5, 0.6) is 0 Å². The number of rotatable bonds is 2. The molecule has 0 saturated carbocycles. The minimum Gasteiger partial charge on any atom is -0.465 e. The second-order valence-electron chi connectivity index (χ2n) is 6.00. The Labute approximate surface area is 120 Å². The molecule has 1 atom stereocenters. The smallest absolute Gasteiger partial charge is 0.407 e. The maximum atomic E-state index is 11.1. The molecule has 1 heterocycles. The first-order chi connectivity index (χ1) is 9.40. The minimum atomic E-state index is -0.840. The minimum absolute atomic E-state index is 0.113. The van der Waals surface area contributed by atoms with Crippen molar-refractivity contribution in [3.8, 4) is 0 Å². The van der Waals surface area contributed by atoms with Crippen molar-refractivity contribution in [3.05, 3.63) is 35.9 Å². The van der Waals surface area contributed by atoms with Gasteiger partial charge in [-0.3, -0.25) is 4.99 Å². The molecule has 1 aromatic rings. The van der Waals surface area contributed by atoms with Gasteiger partial charge in [-0.25, -0.2) is 4.79 Å². The van der Waals surface area contributed by atoms with Crippen LogP contribution in [0.15, 0.2) is 35.3 Å². The average molecular weight is 274 g/mol. The lowest BCUT2D eigenvalue weighted by molar-refractivity contribution is 0.128. The SMILES string of the molecule is C[C@@H](/N=C1/CCN(C(=O)O)CC1(C)C)c1ccccc1. The molecule has 4 heteroatoms. The van der Waals surface area contributed by atoms with Crippen molar-refractivity contribution in [1.29, 1.82) is 0 Å². The molecule has 1 fully saturated rings. The van der Waals surface area contributed by atoms with E-state index in [-0.39, 0.29) is 11.5 Å². The van der Waals surface area contributed by atoms with E-state index in [1.165, 1.54) is 10.5 Å². The zero-order chi connectivity index (χ0) is 14.8. The predicted octanol–water partition coefficient (Wildman–Crippen LogP) is 3.60. The Hall–Kier alpha value is -1.84. The van der Waals surface area contributed by atoms with E-state index in [9.17, 15) is 4.79 Å². The van der Waals surface area contributed by atoms with Crippen molar-refractivity contribution < 1.29 is 9.90 Å². The summed E-state index contributed by atoms with van der Waals surface area (Å²) in [6.07, 6.45) is -0.121. The second-order valence-corrected chi connectivity index (χ2v) is 6.00. The highest BCUT2D eigenvalue weighted by Crippen LogP contribution is 2.29. The standard InChI is InChI=1S/C16H22N2O2/c1-12(13-7-5-4-6-8-13)17-14-9-10-18(15(19)20)11-16(14,2)3/h4-8,12H,9-11H2,1-3H3,(H,19,20)/b17-14-/t12-/m1/s1. The van der Waals surface area contributed by atoms with Crippen LogP contribution in [0.2, 0.25) is 0 Å². The molecule has 0 aromatic heterocycles. The van der Waals surface area contributed by atoms with Gasteiger partial charge in [0.1, 0.15) is 0 Å². The van der Waals surface area contributed by atoms with Crippen molar-refractivity contribution >= 4 is 11.8 Å². The number of carbonyl (C=O) groups is 1. The molecule has 108 valence electrons. The Kier molecular flexibility index (Phi) is 4.12. The van der Waals surface area contributed by atoms with Crippen LogP contribution < -0.4 is 0 Å². The zero-order valence-corrected chi connectivity index (χ0v) is 12.3. The third-order valence-corrected chi connectivity index (χ3v) is 3.89. The fourth-order valence-electron chi connectivity index (χ4n) is 2.67. The van der Waals surface area contributed by atoms with Gasteiger partial charge in [-0.1, -0.05) is 44.2 Å². The molecule has 20 heavy (non-hydrogen) atoms. The summed E-state index contributed by atoms with van der Waals surface area (Å²) >= 11 is 0. The van der Waals surface area contributed by atoms with E-state index in [1.54, 1.807) is 0 Å². The Balaban J connectivity index is 2.16. The summed E-state index contributed by atoms with van der Waals surface area (Å²) in [5, 5.41) is 9.10. The van der Waals surface area contributed by atoms with Gasteiger partial charge in [0.25, 0.3) is 0 Å². The van der Waals surface area contributed by atoms with Crippen molar-refractivity contribution in [2.75, 3.05) is 13.1 Å². The fourth-order valence-corrected chi connectivity index (χ4v) is 2.67. The van der Waals surface area contributed by atoms with Gasteiger partial charge in [-0.05, 0) is 12.5 Å². The van der Waals surface area contributed by atoms with Crippen LogP contribution in [-0.4, -0.2) is 34.9 Å². The van der Waals surface area contributed by atoms with Gasteiger partial charge in [-0.15, -0.1) is 0 Å². The van der Waals surface area contributed by atoms with Gasteiger partial charge < -0.3 is 10.0 Å². The highest BCUT2D eigenvalue weighted by molar-refractivity contribution is 5.91. The second kappa shape index (κ2) is 5.65. The highest BCUT2D eigenvalue weighted by atomic mass is 16.4. The number of piperidine rings is 1. The first-order valence-electron chi connectivity index (χ1n) is 7.00. The van der Waals surface area contributed by atoms with Gasteiger partial charge in [0.15, 0.2) is 0 Å². The summed E-state index contributed by atoms with van der Waals surface area (Å²) in [5.41, 5.74) is 2.11. The van der Waals surface area contributed by atoms with Crippen molar-refractivity contribution in [3.63, 3.8) is 0 Å². The summed E-state index contributed by atoms with van der Waals surface area (Å²) in [5.74, 6) is 0. The third-order valence-electron chi connectivity index (χ3n) is 3.89. The highest BCUT2D eigenvalue weighted by Gasteiger charge is 2.34. The third kappa shape index (κ3) is 3.18. The first kappa shape index (κ1) is 14.6. The van der Waals surface area contributed by atoms with E-state index in [4.69, 9.17) is 10.1 Å². The monoisotopic (exact) mass is 274 g/mol. The number of amides is 1. The Morgan fingerprint density at radius 3 is 2.55 bits per heavy atom. The molecule has 1 amide bonds. The fraction of sp³-hybridized carbons (Fsp3) is 0.500. The molecule has 0 aliphatic carbocycles. The van der Waals surface area contributed by atoms with Crippen LogP contribution in [0, 0.1) is 5.41 Å². The molecule has 0 bridgehead atoms. The van der Waals surface area contributed by atoms with Crippen LogP contribution in [0.4, 0.5) is 4.79 Å². The molecular formula is C16H22N2O2. The molecule has 1 N–H and O–H groups in total. The summed E-state index contributed by atoms with van der Waals surface area (Å²) in [6.45, 7) is 7.28. The van der Waals surface area contributed by atoms with Crippen molar-refractivity contribution in [2.45, 2.75) is 33.2 Å². The van der Waals surface area contributed by atoms with Gasteiger partial charge >= 0.3 is 6.09 Å². The summed E-state index contributed by atoms with van der Waals surface area (Å²) in [6, 6.07) is 10.3. The number of nitrogens with zero attached hydrogens (tertiary/aromatic N) is 2. The molecule has 1 aliphatic rings. The molecule has 4 nitrogen and oxygen atoms in total. The van der Waals surface area contributed by atoms with Gasteiger partial charge in [-0.2, -0.15) is 0 Å². The van der Waals surface area contributed by atoms with Crippen LogP contribution in [0.25, 0.3) is 0 Å². The Morgan fingerprint density at radius 1 is 1.35 bits per heavy atom. The van der Waals surface area contributed by atoms with Crippen LogP contribution in [-0.2, 0) is 0 Å². The quantitative estimate of drug-likeness (QED) is 0.895. The molecule has 2 rings (SSSR count). The maximum absolute atomic E-state index is 11.1. The van der Waals surface area contributed by atoms with Gasteiger partial charge in [0.2, 0.25) is 0 Å². The summed E-state index contributed by atoms with van der Waals surface area (Å²) in [7, 11) is 0. The van der Waals surface area contributed by atoms with Gasteiger partial charge in [0, 0.05) is 30.6 Å². The lowest BCUT2D eigenvalue weighted by Gasteiger charge is -2.38. The van der Waals surface area contributed by atoms with Crippen LogP contribution in [0.3, 0.4) is 0 Å². The Morgan fingerprint density at radius 2 is 2.00 bits per heavy atom. The largest absolute Gasteiger partial charge is 0.465 e. The molecule has 1 saturated heterocycles. The number of benzene rings is 1. The van der Waals surface area contributed by atoms with Crippen molar-refractivity contribution in [1.82, 2.24) is 4.90 Å². The van der Waals surface area contributed by atoms with Crippen LogP contribution >= 0.6 is 0 Å². The predicted molar refractivity (Wildman–Crippen MR) is 80.3 cm³/mol.